The van der Waals surface area contributed by atoms with E-state index in [1.165, 1.54) is 0 Å². The van der Waals surface area contributed by atoms with Crippen LogP contribution in [0.25, 0.3) is 44.3 Å². The van der Waals surface area contributed by atoms with Gasteiger partial charge in [-0.1, -0.05) is 6.07 Å². The number of nitrogens with one attached hydrogen (secondary N) is 1. The van der Waals surface area contributed by atoms with Crippen molar-refractivity contribution < 1.29 is 4.74 Å². The average molecular weight is 384 g/mol. The number of fused-ring (bicyclic) bond motifs is 2. The summed E-state index contributed by atoms with van der Waals surface area (Å²) in [6.45, 7) is 4.32. The van der Waals surface area contributed by atoms with Gasteiger partial charge in [-0.2, -0.15) is 0 Å². The molecular formula is C22H20N6O. The minimum absolute atomic E-state index is 0.347. The number of H-pyrrole nitrogens is 1. The maximum Gasteiger partial charge on any atom is 0.316 e. The molecule has 0 aliphatic heterocycles. The van der Waals surface area contributed by atoms with Crippen molar-refractivity contribution >= 4 is 22.1 Å². The zero-order valence-corrected chi connectivity index (χ0v) is 16.4. The number of ether oxygens (including phenoxy) is 1. The lowest BCUT2D eigenvalue weighted by Gasteiger charge is -2.09. The van der Waals surface area contributed by atoms with E-state index in [-0.39, 0.29) is 0 Å². The van der Waals surface area contributed by atoms with Crippen LogP contribution in [0.5, 0.6) is 6.01 Å². The summed E-state index contributed by atoms with van der Waals surface area (Å²) >= 11 is 0. The standard InChI is InChI=1S/C22H20N6O/c1-13(2)28-12-27-19-5-4-14(7-20(19)28)18-11-24-21-17(18)6-15(8-23-21)16-9-25-22(29-3)26-10-16/h4-13H,1-3H3,(H,23,24). The highest BCUT2D eigenvalue weighted by molar-refractivity contribution is 5.97. The van der Waals surface area contributed by atoms with Crippen LogP contribution in [-0.2, 0) is 0 Å². The fraction of sp³-hybridized carbons (Fsp3) is 0.182. The number of rotatable bonds is 4. The Bertz CT molecular complexity index is 1320. The highest BCUT2D eigenvalue weighted by Crippen LogP contribution is 2.32. The van der Waals surface area contributed by atoms with Gasteiger partial charge in [-0.15, -0.1) is 0 Å². The van der Waals surface area contributed by atoms with E-state index >= 15 is 0 Å². The van der Waals surface area contributed by atoms with Crippen molar-refractivity contribution in [2.45, 2.75) is 19.9 Å². The average Bonchev–Trinajstić information content (AvgIpc) is 3.37. The molecule has 1 N–H and O–H groups in total. The van der Waals surface area contributed by atoms with Crippen LogP contribution in [0.3, 0.4) is 0 Å². The summed E-state index contributed by atoms with van der Waals surface area (Å²) < 4.78 is 7.23. The molecule has 144 valence electrons. The van der Waals surface area contributed by atoms with Crippen LogP contribution >= 0.6 is 0 Å². The molecule has 4 heterocycles. The summed E-state index contributed by atoms with van der Waals surface area (Å²) in [7, 11) is 1.55. The van der Waals surface area contributed by atoms with Gasteiger partial charge in [-0.25, -0.2) is 19.9 Å². The minimum Gasteiger partial charge on any atom is -0.467 e. The number of methoxy groups -OCH3 is 1. The monoisotopic (exact) mass is 384 g/mol. The van der Waals surface area contributed by atoms with Gasteiger partial charge < -0.3 is 14.3 Å². The lowest BCUT2D eigenvalue weighted by Crippen LogP contribution is -1.97. The van der Waals surface area contributed by atoms with Crippen molar-refractivity contribution in [1.82, 2.24) is 29.5 Å². The summed E-state index contributed by atoms with van der Waals surface area (Å²) in [5.74, 6) is 0. The molecule has 0 unspecified atom stereocenters. The van der Waals surface area contributed by atoms with Gasteiger partial charge in [-0.05, 0) is 37.6 Å². The first-order chi connectivity index (χ1) is 14.1. The minimum atomic E-state index is 0.347. The Morgan fingerprint density at radius 1 is 0.931 bits per heavy atom. The SMILES string of the molecule is COc1ncc(-c2cnc3[nH]cc(-c4ccc5ncn(C(C)C)c5c4)c3c2)cn1. The number of pyridine rings is 1. The zero-order valence-electron chi connectivity index (χ0n) is 16.4. The molecule has 0 aliphatic carbocycles. The third-order valence-electron chi connectivity index (χ3n) is 5.12. The van der Waals surface area contributed by atoms with Crippen molar-refractivity contribution in [3.8, 4) is 28.3 Å². The maximum absolute atomic E-state index is 5.04. The van der Waals surface area contributed by atoms with Crippen molar-refractivity contribution in [1.29, 1.82) is 0 Å². The number of benzene rings is 1. The topological polar surface area (TPSA) is 81.5 Å². The fourth-order valence-electron chi connectivity index (χ4n) is 3.58. The van der Waals surface area contributed by atoms with Gasteiger partial charge >= 0.3 is 6.01 Å². The Balaban J connectivity index is 1.63. The van der Waals surface area contributed by atoms with Crippen LogP contribution in [-0.4, -0.2) is 36.6 Å². The Morgan fingerprint density at radius 3 is 2.48 bits per heavy atom. The first kappa shape index (κ1) is 17.4. The third-order valence-corrected chi connectivity index (χ3v) is 5.12. The number of aromatic nitrogens is 6. The number of aromatic amines is 1. The molecule has 0 fully saturated rings. The van der Waals surface area contributed by atoms with E-state index < -0.39 is 0 Å². The first-order valence-corrected chi connectivity index (χ1v) is 9.44. The Kier molecular flexibility index (Phi) is 4.01. The normalized spacial score (nSPS) is 11.6. The fourth-order valence-corrected chi connectivity index (χ4v) is 3.58. The van der Waals surface area contributed by atoms with Gasteiger partial charge in [0.1, 0.15) is 5.65 Å². The first-order valence-electron chi connectivity index (χ1n) is 9.44. The van der Waals surface area contributed by atoms with Gasteiger partial charge in [0.25, 0.3) is 0 Å². The molecule has 29 heavy (non-hydrogen) atoms. The molecule has 7 nitrogen and oxygen atoms in total. The molecule has 1 aromatic carbocycles. The lowest BCUT2D eigenvalue weighted by atomic mass is 10.0. The Labute approximate surface area is 167 Å². The molecule has 5 aromatic rings. The summed E-state index contributed by atoms with van der Waals surface area (Å²) in [5.41, 5.74) is 7.03. The van der Waals surface area contributed by atoms with Crippen LogP contribution in [0.15, 0.2) is 55.4 Å². The lowest BCUT2D eigenvalue weighted by molar-refractivity contribution is 0.380. The van der Waals surface area contributed by atoms with Crippen molar-refractivity contribution in [2.24, 2.45) is 0 Å². The molecule has 5 rings (SSSR count). The second-order valence-corrected chi connectivity index (χ2v) is 7.23. The predicted molar refractivity (Wildman–Crippen MR) is 113 cm³/mol. The quantitative estimate of drug-likeness (QED) is 0.489. The van der Waals surface area contributed by atoms with E-state index in [0.29, 0.717) is 12.1 Å². The summed E-state index contributed by atoms with van der Waals surface area (Å²) in [4.78, 5) is 20.8. The summed E-state index contributed by atoms with van der Waals surface area (Å²) in [6, 6.07) is 9.17. The highest BCUT2D eigenvalue weighted by atomic mass is 16.5. The molecule has 0 saturated heterocycles. The molecule has 0 saturated carbocycles. The molecule has 4 aromatic heterocycles. The molecule has 0 aliphatic rings. The van der Waals surface area contributed by atoms with Gasteiger partial charge in [-0.3, -0.25) is 0 Å². The highest BCUT2D eigenvalue weighted by Gasteiger charge is 2.12. The summed E-state index contributed by atoms with van der Waals surface area (Å²) in [6.07, 6.45) is 9.22. The van der Waals surface area contributed by atoms with Crippen LogP contribution in [0.4, 0.5) is 0 Å². The molecule has 0 bridgehead atoms. The van der Waals surface area contributed by atoms with Gasteiger partial charge in [0.2, 0.25) is 0 Å². The van der Waals surface area contributed by atoms with Gasteiger partial charge in [0.05, 0.1) is 24.5 Å². The van der Waals surface area contributed by atoms with E-state index in [4.69, 9.17) is 4.74 Å². The zero-order chi connectivity index (χ0) is 20.0. The largest absolute Gasteiger partial charge is 0.467 e. The van der Waals surface area contributed by atoms with E-state index in [1.807, 2.05) is 18.7 Å². The van der Waals surface area contributed by atoms with E-state index in [0.717, 1.165) is 44.3 Å². The maximum atomic E-state index is 5.04. The number of hydrogen-bond donors (Lipinski definition) is 1. The number of hydrogen-bond acceptors (Lipinski definition) is 5. The van der Waals surface area contributed by atoms with Gasteiger partial charge in [0, 0.05) is 52.9 Å². The predicted octanol–water partition coefficient (Wildman–Crippen LogP) is 4.63. The van der Waals surface area contributed by atoms with Crippen LogP contribution in [0, 0.1) is 0 Å². The second kappa shape index (κ2) is 6.70. The Morgan fingerprint density at radius 2 is 1.72 bits per heavy atom. The van der Waals surface area contributed by atoms with E-state index in [2.05, 4.69) is 67.6 Å². The number of imidazole rings is 1. The van der Waals surface area contributed by atoms with Gasteiger partial charge in [0.15, 0.2) is 0 Å². The van der Waals surface area contributed by atoms with Crippen molar-refractivity contribution in [3.63, 3.8) is 0 Å². The molecule has 0 amide bonds. The smallest absolute Gasteiger partial charge is 0.316 e. The molecule has 7 heteroatoms. The number of nitrogens with zero attached hydrogens (tertiary/aromatic N) is 5. The van der Waals surface area contributed by atoms with Crippen molar-refractivity contribution in [3.05, 3.63) is 55.4 Å². The molecule has 0 radical (unpaired) electrons. The summed E-state index contributed by atoms with van der Waals surface area (Å²) in [5, 5.41) is 1.05. The van der Waals surface area contributed by atoms with E-state index in [9.17, 15) is 0 Å². The third kappa shape index (κ3) is 2.91. The Hall–Kier alpha value is -3.74. The van der Waals surface area contributed by atoms with Crippen LogP contribution in [0.2, 0.25) is 0 Å². The molecule has 0 atom stereocenters. The van der Waals surface area contributed by atoms with Crippen molar-refractivity contribution in [2.75, 3.05) is 7.11 Å². The molecular weight excluding hydrogens is 364 g/mol. The van der Waals surface area contributed by atoms with E-state index in [1.54, 1.807) is 19.5 Å². The van der Waals surface area contributed by atoms with Crippen LogP contribution < -0.4 is 4.74 Å². The molecule has 0 spiro atoms. The second-order valence-electron chi connectivity index (χ2n) is 7.23. The van der Waals surface area contributed by atoms with Crippen LogP contribution in [0.1, 0.15) is 19.9 Å².